The van der Waals surface area contributed by atoms with Crippen LogP contribution in [-0.2, 0) is 38.1 Å². The summed E-state index contributed by atoms with van der Waals surface area (Å²) < 4.78 is 21.5. The minimum absolute atomic E-state index is 0.00744. The normalized spacial score (nSPS) is 13.1. The van der Waals surface area contributed by atoms with Gasteiger partial charge in [-0.1, -0.05) is 13.3 Å². The molecule has 11 nitrogen and oxygen atoms in total. The monoisotopic (exact) mass is 471 g/mol. The highest BCUT2D eigenvalue weighted by atomic mass is 16.6. The van der Waals surface area contributed by atoms with Gasteiger partial charge in [0.2, 0.25) is 11.8 Å². The second-order valence-electron chi connectivity index (χ2n) is 7.16. The lowest BCUT2D eigenvalue weighted by atomic mass is 10.3. The molecule has 33 heavy (non-hydrogen) atoms. The van der Waals surface area contributed by atoms with Crippen molar-refractivity contribution < 1.29 is 38.1 Å². The van der Waals surface area contributed by atoms with Crippen molar-refractivity contribution in [1.29, 1.82) is 0 Å². The predicted octanol–water partition coefficient (Wildman–Crippen LogP) is -0.209. The predicted molar refractivity (Wildman–Crippen MR) is 119 cm³/mol. The van der Waals surface area contributed by atoms with Crippen LogP contribution in [0.25, 0.3) is 0 Å². The van der Waals surface area contributed by atoms with E-state index in [2.05, 4.69) is 17.6 Å². The van der Waals surface area contributed by atoms with E-state index >= 15 is 0 Å². The van der Waals surface area contributed by atoms with Crippen molar-refractivity contribution in [2.75, 3.05) is 72.5 Å². The molecule has 0 saturated heterocycles. The van der Waals surface area contributed by atoms with E-state index in [0.717, 1.165) is 17.7 Å². The van der Waals surface area contributed by atoms with E-state index in [9.17, 15) is 19.2 Å². The van der Waals surface area contributed by atoms with Crippen LogP contribution in [0.2, 0.25) is 0 Å². The maximum atomic E-state index is 11.7. The van der Waals surface area contributed by atoms with Gasteiger partial charge < -0.3 is 29.6 Å². The lowest BCUT2D eigenvalue weighted by Gasteiger charge is -2.13. The summed E-state index contributed by atoms with van der Waals surface area (Å²) in [6.45, 7) is 6.45. The zero-order valence-electron chi connectivity index (χ0n) is 19.5. The number of hydrogen-bond donors (Lipinski definition) is 2. The molecule has 0 saturated carbocycles. The first kappa shape index (κ1) is 28.7. The third kappa shape index (κ3) is 15.2. The first-order valence-electron chi connectivity index (χ1n) is 11.4. The lowest BCUT2D eigenvalue weighted by molar-refractivity contribution is -0.137. The van der Waals surface area contributed by atoms with Gasteiger partial charge in [-0.15, -0.1) is 0 Å². The van der Waals surface area contributed by atoms with E-state index < -0.39 is 11.8 Å². The standard InChI is InChI=1S/C22H37N3O8/c1-2-3-8-23-20(27)7-11-30-13-15-32-17-18-33-16-14-31-12-9-24-19(26)6-10-25-21(28)4-5-22(25)29/h4-5H,2-3,6-18H2,1H3,(H,23,27)(H,24,26). The summed E-state index contributed by atoms with van der Waals surface area (Å²) in [7, 11) is 0. The van der Waals surface area contributed by atoms with Gasteiger partial charge in [-0.05, 0) is 6.42 Å². The number of carbonyl (C=O) groups excluding carboxylic acids is 4. The van der Waals surface area contributed by atoms with Crippen molar-refractivity contribution in [3.05, 3.63) is 12.2 Å². The fourth-order valence-corrected chi connectivity index (χ4v) is 2.64. The summed E-state index contributed by atoms with van der Waals surface area (Å²) >= 11 is 0. The average molecular weight is 472 g/mol. The highest BCUT2D eigenvalue weighted by Crippen LogP contribution is 2.03. The molecule has 0 aromatic rings. The van der Waals surface area contributed by atoms with Gasteiger partial charge in [0.05, 0.1) is 52.9 Å². The molecule has 0 aliphatic carbocycles. The molecule has 2 N–H and O–H groups in total. The van der Waals surface area contributed by atoms with Gasteiger partial charge in [-0.2, -0.15) is 0 Å². The summed E-state index contributed by atoms with van der Waals surface area (Å²) in [6, 6.07) is 0. The number of nitrogens with one attached hydrogen (secondary N) is 2. The summed E-state index contributed by atoms with van der Waals surface area (Å²) in [5.74, 6) is -1.03. The molecule has 188 valence electrons. The molecule has 0 aromatic carbocycles. The van der Waals surface area contributed by atoms with E-state index in [0.29, 0.717) is 72.4 Å². The van der Waals surface area contributed by atoms with Gasteiger partial charge in [0.15, 0.2) is 0 Å². The number of imide groups is 1. The number of nitrogens with zero attached hydrogens (tertiary/aromatic N) is 1. The topological polar surface area (TPSA) is 132 Å². The number of ether oxygens (including phenoxy) is 4. The van der Waals surface area contributed by atoms with E-state index in [1.54, 1.807) is 0 Å². The number of carbonyl (C=O) groups is 4. The highest BCUT2D eigenvalue weighted by Gasteiger charge is 2.23. The highest BCUT2D eigenvalue weighted by molar-refractivity contribution is 6.13. The molecule has 0 atom stereocenters. The maximum absolute atomic E-state index is 11.7. The Morgan fingerprint density at radius 2 is 1.21 bits per heavy atom. The second-order valence-corrected chi connectivity index (χ2v) is 7.16. The largest absolute Gasteiger partial charge is 0.379 e. The minimum Gasteiger partial charge on any atom is -0.379 e. The van der Waals surface area contributed by atoms with Crippen LogP contribution in [0, 0.1) is 0 Å². The third-order valence-electron chi connectivity index (χ3n) is 4.47. The average Bonchev–Trinajstić information content (AvgIpc) is 3.12. The van der Waals surface area contributed by atoms with Crippen molar-refractivity contribution in [2.45, 2.75) is 32.6 Å². The fourth-order valence-electron chi connectivity index (χ4n) is 2.64. The summed E-state index contributed by atoms with van der Waals surface area (Å²) in [5.41, 5.74) is 0. The molecule has 0 radical (unpaired) electrons. The molecular formula is C22H37N3O8. The van der Waals surface area contributed by atoms with Crippen LogP contribution in [0.1, 0.15) is 32.6 Å². The molecule has 1 aliphatic rings. The molecular weight excluding hydrogens is 434 g/mol. The molecule has 1 aliphatic heterocycles. The van der Waals surface area contributed by atoms with Gasteiger partial charge in [0.1, 0.15) is 0 Å². The lowest BCUT2D eigenvalue weighted by Crippen LogP contribution is -2.35. The van der Waals surface area contributed by atoms with Crippen molar-refractivity contribution in [1.82, 2.24) is 15.5 Å². The van der Waals surface area contributed by atoms with Gasteiger partial charge in [0, 0.05) is 44.6 Å². The summed E-state index contributed by atoms with van der Waals surface area (Å²) in [5, 5.41) is 5.50. The summed E-state index contributed by atoms with van der Waals surface area (Å²) in [6.07, 6.45) is 4.84. The van der Waals surface area contributed by atoms with Gasteiger partial charge in [0.25, 0.3) is 11.8 Å². The molecule has 1 rings (SSSR count). The van der Waals surface area contributed by atoms with Crippen molar-refractivity contribution in [3.8, 4) is 0 Å². The van der Waals surface area contributed by atoms with Crippen LogP contribution in [0.4, 0.5) is 0 Å². The second kappa shape index (κ2) is 19.2. The zero-order chi connectivity index (χ0) is 24.2. The van der Waals surface area contributed by atoms with Gasteiger partial charge in [-0.25, -0.2) is 0 Å². The molecule has 0 unspecified atom stereocenters. The van der Waals surface area contributed by atoms with E-state index in [1.807, 2.05) is 0 Å². The molecule has 0 fully saturated rings. The fraction of sp³-hybridized carbons (Fsp3) is 0.727. The van der Waals surface area contributed by atoms with Gasteiger partial charge >= 0.3 is 0 Å². The number of rotatable bonds is 21. The van der Waals surface area contributed by atoms with Crippen molar-refractivity contribution in [2.24, 2.45) is 0 Å². The molecule has 11 heteroatoms. The third-order valence-corrected chi connectivity index (χ3v) is 4.47. The smallest absolute Gasteiger partial charge is 0.253 e. The van der Waals surface area contributed by atoms with E-state index in [-0.39, 0.29) is 24.8 Å². The number of amides is 4. The van der Waals surface area contributed by atoms with Crippen LogP contribution >= 0.6 is 0 Å². The molecule has 0 bridgehead atoms. The molecule has 0 aromatic heterocycles. The zero-order valence-corrected chi connectivity index (χ0v) is 19.5. The Morgan fingerprint density at radius 3 is 1.79 bits per heavy atom. The SMILES string of the molecule is CCCCNC(=O)CCOCCOCCOCCOCCNC(=O)CCN1C(=O)C=CC1=O. The Balaban J connectivity index is 1.77. The maximum Gasteiger partial charge on any atom is 0.253 e. The van der Waals surface area contributed by atoms with Crippen molar-refractivity contribution >= 4 is 23.6 Å². The number of unbranched alkanes of at least 4 members (excludes halogenated alkanes) is 1. The van der Waals surface area contributed by atoms with Crippen LogP contribution in [0.3, 0.4) is 0 Å². The Bertz CT molecular complexity index is 609. The molecule has 1 heterocycles. The molecule has 4 amide bonds. The number of hydrogen-bond acceptors (Lipinski definition) is 8. The first-order valence-corrected chi connectivity index (χ1v) is 11.4. The van der Waals surface area contributed by atoms with Crippen LogP contribution in [0.15, 0.2) is 12.2 Å². The van der Waals surface area contributed by atoms with E-state index in [1.165, 1.54) is 12.2 Å². The minimum atomic E-state index is -0.395. The Hall–Kier alpha value is -2.34. The van der Waals surface area contributed by atoms with Crippen LogP contribution < -0.4 is 10.6 Å². The Labute approximate surface area is 195 Å². The first-order chi connectivity index (χ1) is 16.0. The Morgan fingerprint density at radius 1 is 0.727 bits per heavy atom. The Kier molecular flexibility index (Phi) is 16.7. The van der Waals surface area contributed by atoms with E-state index in [4.69, 9.17) is 18.9 Å². The summed E-state index contributed by atoms with van der Waals surface area (Å²) in [4.78, 5) is 47.0. The van der Waals surface area contributed by atoms with Crippen LogP contribution in [-0.4, -0.2) is 101 Å². The molecule has 0 spiro atoms. The quantitative estimate of drug-likeness (QED) is 0.174. The van der Waals surface area contributed by atoms with Crippen LogP contribution in [0.5, 0.6) is 0 Å². The van der Waals surface area contributed by atoms with Crippen molar-refractivity contribution in [3.63, 3.8) is 0 Å². The van der Waals surface area contributed by atoms with Gasteiger partial charge in [-0.3, -0.25) is 24.1 Å².